The van der Waals surface area contributed by atoms with E-state index in [1.165, 1.54) is 37.1 Å². The van der Waals surface area contributed by atoms with Crippen LogP contribution < -0.4 is 9.46 Å². The zero-order chi connectivity index (χ0) is 23.3. The van der Waals surface area contributed by atoms with Crippen LogP contribution in [0, 0.1) is 23.2 Å². The molecule has 0 aliphatic heterocycles. The molecule has 3 aliphatic rings. The summed E-state index contributed by atoms with van der Waals surface area (Å²) in [6, 6.07) is 9.18. The average molecular weight is 487 g/mol. The summed E-state index contributed by atoms with van der Waals surface area (Å²) in [5.41, 5.74) is 0.661. The van der Waals surface area contributed by atoms with Crippen LogP contribution in [0.1, 0.15) is 65.9 Å². The molecular weight excluding hydrogens is 464 g/mol. The van der Waals surface area contributed by atoms with Crippen molar-refractivity contribution >= 4 is 33.3 Å². The van der Waals surface area contributed by atoms with Crippen LogP contribution in [-0.2, 0) is 10.0 Å². The van der Waals surface area contributed by atoms with E-state index in [-0.39, 0.29) is 44.5 Å². The van der Waals surface area contributed by atoms with E-state index in [1.54, 1.807) is 6.07 Å². The molecule has 2 aromatic rings. The van der Waals surface area contributed by atoms with Crippen molar-refractivity contribution < 1.29 is 23.1 Å². The molecule has 3 fully saturated rings. The van der Waals surface area contributed by atoms with Gasteiger partial charge in [0.15, 0.2) is 0 Å². The van der Waals surface area contributed by atoms with Crippen LogP contribution in [0.3, 0.4) is 0 Å². The lowest BCUT2D eigenvalue weighted by atomic mass is 9.78. The maximum absolute atomic E-state index is 13.4. The highest BCUT2D eigenvalue weighted by atomic mass is 35.5. The van der Waals surface area contributed by atoms with Gasteiger partial charge in [0, 0.05) is 6.07 Å². The third-order valence-corrected chi connectivity index (χ3v) is 8.49. The van der Waals surface area contributed by atoms with Gasteiger partial charge in [-0.2, -0.15) is 5.26 Å². The standard InChI is InChI=1S/C24H23ClN2O5S/c25-19-11-22(32-21-8-7-17(21)14-3-4-14)20(9-16(19)12-26)27-33(30,31)23-10-15(13-1-2-13)5-6-18(23)24(28)29/h5-6,9-11,13-14,17,21,27H,1-4,7-8H2,(H,28,29). The van der Waals surface area contributed by atoms with Crippen molar-refractivity contribution in [3.63, 3.8) is 0 Å². The zero-order valence-electron chi connectivity index (χ0n) is 17.8. The highest BCUT2D eigenvalue weighted by Crippen LogP contribution is 2.49. The number of anilines is 1. The van der Waals surface area contributed by atoms with E-state index in [2.05, 4.69) is 4.72 Å². The molecular formula is C24H23ClN2O5S. The Labute approximate surface area is 197 Å². The minimum Gasteiger partial charge on any atom is -0.488 e. The van der Waals surface area contributed by atoms with Crippen LogP contribution in [0.2, 0.25) is 5.02 Å². The van der Waals surface area contributed by atoms with E-state index in [9.17, 15) is 23.6 Å². The van der Waals surface area contributed by atoms with E-state index in [0.717, 1.165) is 31.2 Å². The highest BCUT2D eigenvalue weighted by Gasteiger charge is 2.43. The molecule has 7 nitrogen and oxygen atoms in total. The summed E-state index contributed by atoms with van der Waals surface area (Å²) in [4.78, 5) is 11.4. The number of carboxylic acid groups (broad SMARTS) is 1. The number of hydrogen-bond donors (Lipinski definition) is 2. The number of benzene rings is 2. The Morgan fingerprint density at radius 2 is 1.88 bits per heavy atom. The maximum Gasteiger partial charge on any atom is 0.337 e. The number of nitrogens with one attached hydrogen (secondary N) is 1. The summed E-state index contributed by atoms with van der Waals surface area (Å²) < 4.78 is 35.4. The second kappa shape index (κ2) is 8.23. The molecule has 2 unspecified atom stereocenters. The molecule has 3 aliphatic carbocycles. The van der Waals surface area contributed by atoms with Crippen molar-refractivity contribution in [1.82, 2.24) is 0 Å². The summed E-state index contributed by atoms with van der Waals surface area (Å²) in [6.45, 7) is 0. The second-order valence-corrected chi connectivity index (χ2v) is 11.2. The van der Waals surface area contributed by atoms with Crippen LogP contribution in [0.25, 0.3) is 0 Å². The molecule has 0 heterocycles. The predicted molar refractivity (Wildman–Crippen MR) is 122 cm³/mol. The van der Waals surface area contributed by atoms with Crippen LogP contribution in [-0.4, -0.2) is 25.6 Å². The Kier molecular flexibility index (Phi) is 5.50. The number of carbonyl (C=O) groups is 1. The summed E-state index contributed by atoms with van der Waals surface area (Å²) in [6.07, 6.45) is 6.19. The van der Waals surface area contributed by atoms with Crippen molar-refractivity contribution in [1.29, 1.82) is 5.26 Å². The van der Waals surface area contributed by atoms with Gasteiger partial charge in [0.05, 0.1) is 21.8 Å². The number of rotatable bonds is 8. The smallest absolute Gasteiger partial charge is 0.337 e. The Bertz CT molecular complexity index is 1280. The monoisotopic (exact) mass is 486 g/mol. The van der Waals surface area contributed by atoms with Crippen molar-refractivity contribution in [2.24, 2.45) is 11.8 Å². The number of halogens is 1. The third-order valence-electron chi connectivity index (χ3n) is 6.78. The van der Waals surface area contributed by atoms with Crippen LogP contribution in [0.5, 0.6) is 5.75 Å². The molecule has 2 N–H and O–H groups in total. The Morgan fingerprint density at radius 3 is 2.45 bits per heavy atom. The minimum atomic E-state index is -4.28. The topological polar surface area (TPSA) is 116 Å². The van der Waals surface area contributed by atoms with Gasteiger partial charge in [-0.25, -0.2) is 13.2 Å². The van der Waals surface area contributed by atoms with Gasteiger partial charge in [-0.15, -0.1) is 0 Å². The number of hydrogen-bond acceptors (Lipinski definition) is 5. The van der Waals surface area contributed by atoms with Gasteiger partial charge in [-0.3, -0.25) is 4.72 Å². The summed E-state index contributed by atoms with van der Waals surface area (Å²) in [5, 5.41) is 19.2. The lowest BCUT2D eigenvalue weighted by Crippen LogP contribution is -2.38. The molecule has 3 saturated carbocycles. The lowest BCUT2D eigenvalue weighted by Gasteiger charge is -2.37. The molecule has 0 saturated heterocycles. The predicted octanol–water partition coefficient (Wildman–Crippen LogP) is 5.16. The molecule has 33 heavy (non-hydrogen) atoms. The van der Waals surface area contributed by atoms with Crippen molar-refractivity contribution in [2.75, 3.05) is 4.72 Å². The quantitative estimate of drug-likeness (QED) is 0.532. The number of carboxylic acids is 1. The number of nitriles is 1. The molecule has 9 heteroatoms. The van der Waals surface area contributed by atoms with E-state index in [1.807, 2.05) is 6.07 Å². The Balaban J connectivity index is 1.50. The number of aromatic carboxylic acids is 1. The zero-order valence-corrected chi connectivity index (χ0v) is 19.3. The van der Waals surface area contributed by atoms with E-state index < -0.39 is 16.0 Å². The first kappa shape index (κ1) is 22.1. The van der Waals surface area contributed by atoms with E-state index >= 15 is 0 Å². The molecule has 172 valence electrons. The summed E-state index contributed by atoms with van der Waals surface area (Å²) in [5.74, 6) is 0.260. The number of sulfonamides is 1. The molecule has 2 aromatic carbocycles. The molecule has 2 atom stereocenters. The highest BCUT2D eigenvalue weighted by molar-refractivity contribution is 7.92. The van der Waals surface area contributed by atoms with E-state index in [4.69, 9.17) is 16.3 Å². The summed E-state index contributed by atoms with van der Waals surface area (Å²) in [7, 11) is -4.28. The van der Waals surface area contributed by atoms with Crippen LogP contribution in [0.15, 0.2) is 35.2 Å². The molecule has 5 rings (SSSR count). The van der Waals surface area contributed by atoms with Crippen LogP contribution >= 0.6 is 11.6 Å². The Hall–Kier alpha value is -2.76. The Morgan fingerprint density at radius 1 is 1.12 bits per heavy atom. The van der Waals surface area contributed by atoms with Gasteiger partial charge in [-0.05, 0) is 80.0 Å². The van der Waals surface area contributed by atoms with Gasteiger partial charge in [0.1, 0.15) is 22.8 Å². The van der Waals surface area contributed by atoms with Crippen molar-refractivity contribution in [2.45, 2.75) is 55.4 Å². The largest absolute Gasteiger partial charge is 0.488 e. The van der Waals surface area contributed by atoms with Crippen molar-refractivity contribution in [3.8, 4) is 11.8 Å². The molecule has 0 spiro atoms. The fourth-order valence-electron chi connectivity index (χ4n) is 4.49. The van der Waals surface area contributed by atoms with Crippen LogP contribution in [0.4, 0.5) is 5.69 Å². The number of ether oxygens (including phenoxy) is 1. The molecule has 0 radical (unpaired) electrons. The second-order valence-electron chi connectivity index (χ2n) is 9.12. The van der Waals surface area contributed by atoms with Gasteiger partial charge in [0.2, 0.25) is 0 Å². The first-order valence-electron chi connectivity index (χ1n) is 11.1. The molecule has 0 amide bonds. The lowest BCUT2D eigenvalue weighted by molar-refractivity contribution is 0.0340. The van der Waals surface area contributed by atoms with Crippen molar-refractivity contribution in [3.05, 3.63) is 52.0 Å². The van der Waals surface area contributed by atoms with Gasteiger partial charge >= 0.3 is 5.97 Å². The first-order chi connectivity index (χ1) is 15.8. The molecule has 0 aromatic heterocycles. The van der Waals surface area contributed by atoms with Gasteiger partial charge in [0.25, 0.3) is 10.0 Å². The first-order valence-corrected chi connectivity index (χ1v) is 12.9. The minimum absolute atomic E-state index is 0.0301. The average Bonchev–Trinajstić information content (AvgIpc) is 3.66. The fraction of sp³-hybridized carbons (Fsp3) is 0.417. The van der Waals surface area contributed by atoms with E-state index in [0.29, 0.717) is 11.8 Å². The maximum atomic E-state index is 13.4. The summed E-state index contributed by atoms with van der Waals surface area (Å²) >= 11 is 6.22. The normalized spacial score (nSPS) is 22.2. The molecule has 0 bridgehead atoms. The third kappa shape index (κ3) is 4.40. The number of nitrogens with zero attached hydrogens (tertiary/aromatic N) is 1. The SMILES string of the molecule is N#Cc1cc(NS(=O)(=O)c2cc(C3CC3)ccc2C(=O)O)c(OC2CCC2C2CC2)cc1Cl. The van der Waals surface area contributed by atoms with Gasteiger partial charge in [-0.1, -0.05) is 17.7 Å². The van der Waals surface area contributed by atoms with Gasteiger partial charge < -0.3 is 9.84 Å². The fourth-order valence-corrected chi connectivity index (χ4v) is 5.99.